The van der Waals surface area contributed by atoms with E-state index in [1.165, 1.54) is 10.9 Å². The average molecular weight is 244 g/mol. The first-order chi connectivity index (χ1) is 7.65. The minimum absolute atomic E-state index is 0.0346. The Morgan fingerprint density at radius 3 is 3.00 bits per heavy atom. The van der Waals surface area contributed by atoms with Crippen LogP contribution in [-0.4, -0.2) is 33.3 Å². The van der Waals surface area contributed by atoms with Crippen LogP contribution in [0.4, 0.5) is 11.5 Å². The predicted octanol–water partition coefficient (Wildman–Crippen LogP) is 1.88. The number of anilines is 1. The van der Waals surface area contributed by atoms with Gasteiger partial charge >= 0.3 is 5.69 Å². The van der Waals surface area contributed by atoms with Gasteiger partial charge in [-0.2, -0.15) is 11.8 Å². The van der Waals surface area contributed by atoms with E-state index >= 15 is 0 Å². The molecule has 0 radical (unpaired) electrons. The number of nitrogens with zero attached hydrogens (tertiary/aromatic N) is 3. The van der Waals surface area contributed by atoms with Gasteiger partial charge in [0.05, 0.1) is 4.92 Å². The molecule has 1 aromatic rings. The number of nitrogens with one attached hydrogen (secondary N) is 1. The van der Waals surface area contributed by atoms with Crippen molar-refractivity contribution in [2.45, 2.75) is 12.8 Å². The molecule has 0 saturated carbocycles. The van der Waals surface area contributed by atoms with Crippen LogP contribution in [0.5, 0.6) is 0 Å². The van der Waals surface area contributed by atoms with E-state index in [-0.39, 0.29) is 5.69 Å². The van der Waals surface area contributed by atoms with Gasteiger partial charge < -0.3 is 5.32 Å². The smallest absolute Gasteiger partial charge is 0.330 e. The molecule has 0 atom stereocenters. The molecule has 1 N–H and O–H groups in total. The highest BCUT2D eigenvalue weighted by atomic mass is 32.2. The second kappa shape index (κ2) is 6.37. The summed E-state index contributed by atoms with van der Waals surface area (Å²) in [6.07, 6.45) is 5.57. The average Bonchev–Trinajstić information content (AvgIpc) is 2.59. The Hall–Kier alpha value is -1.24. The van der Waals surface area contributed by atoms with Crippen LogP contribution in [0, 0.1) is 10.1 Å². The molecule has 0 aliphatic carbocycles. The molecule has 90 valence electrons. The zero-order chi connectivity index (χ0) is 12.0. The Balaban J connectivity index is 2.44. The molecule has 1 rings (SSSR count). The highest BCUT2D eigenvalue weighted by Crippen LogP contribution is 2.21. The lowest BCUT2D eigenvalue weighted by atomic mass is 10.3. The van der Waals surface area contributed by atoms with Crippen LogP contribution in [0.15, 0.2) is 6.20 Å². The van der Waals surface area contributed by atoms with E-state index in [4.69, 9.17) is 0 Å². The van der Waals surface area contributed by atoms with E-state index in [0.717, 1.165) is 25.1 Å². The van der Waals surface area contributed by atoms with E-state index in [2.05, 4.69) is 16.7 Å². The fourth-order valence-electron chi connectivity index (χ4n) is 1.31. The summed E-state index contributed by atoms with van der Waals surface area (Å²) in [5.74, 6) is 1.48. The number of hydrogen-bond donors (Lipinski definition) is 1. The Morgan fingerprint density at radius 1 is 1.62 bits per heavy atom. The molecular formula is C9H16N4O2S. The molecule has 0 aromatic carbocycles. The van der Waals surface area contributed by atoms with E-state index in [9.17, 15) is 10.1 Å². The molecule has 1 heterocycles. The highest BCUT2D eigenvalue weighted by molar-refractivity contribution is 7.98. The summed E-state index contributed by atoms with van der Waals surface area (Å²) in [5.41, 5.74) is 0.0346. The predicted molar refractivity (Wildman–Crippen MR) is 66.0 cm³/mol. The molecule has 0 spiro atoms. The van der Waals surface area contributed by atoms with Crippen LogP contribution in [0.25, 0.3) is 0 Å². The van der Waals surface area contributed by atoms with Crippen molar-refractivity contribution in [3.05, 3.63) is 16.3 Å². The van der Waals surface area contributed by atoms with Gasteiger partial charge in [-0.25, -0.2) is 0 Å². The van der Waals surface area contributed by atoms with Gasteiger partial charge in [0, 0.05) is 13.6 Å². The number of thioether (sulfide) groups is 1. The largest absolute Gasteiger partial charge is 0.363 e. The monoisotopic (exact) mass is 244 g/mol. The Labute approximate surface area is 98.6 Å². The topological polar surface area (TPSA) is 73.0 Å². The second-order valence-corrected chi connectivity index (χ2v) is 4.41. The fourth-order valence-corrected chi connectivity index (χ4v) is 1.81. The zero-order valence-electron chi connectivity index (χ0n) is 9.47. The van der Waals surface area contributed by atoms with Gasteiger partial charge in [-0.15, -0.1) is 5.10 Å². The maximum Gasteiger partial charge on any atom is 0.330 e. The number of aromatic nitrogens is 2. The minimum Gasteiger partial charge on any atom is -0.363 e. The lowest BCUT2D eigenvalue weighted by Gasteiger charge is -2.01. The molecule has 1 aromatic heterocycles. The van der Waals surface area contributed by atoms with Crippen molar-refractivity contribution in [1.29, 1.82) is 0 Å². The van der Waals surface area contributed by atoms with Gasteiger partial charge in [0.15, 0.2) is 0 Å². The molecule has 0 aliphatic heterocycles. The summed E-state index contributed by atoms with van der Waals surface area (Å²) < 4.78 is 1.45. The van der Waals surface area contributed by atoms with Gasteiger partial charge in [-0.3, -0.25) is 14.8 Å². The van der Waals surface area contributed by atoms with Crippen molar-refractivity contribution < 1.29 is 4.92 Å². The van der Waals surface area contributed by atoms with Crippen LogP contribution in [-0.2, 0) is 7.05 Å². The third-order valence-electron chi connectivity index (χ3n) is 2.07. The summed E-state index contributed by atoms with van der Waals surface area (Å²) in [4.78, 5) is 10.3. The highest BCUT2D eigenvalue weighted by Gasteiger charge is 2.17. The van der Waals surface area contributed by atoms with E-state index < -0.39 is 4.92 Å². The number of rotatable bonds is 7. The second-order valence-electron chi connectivity index (χ2n) is 3.42. The molecule has 7 heteroatoms. The first-order valence-electron chi connectivity index (χ1n) is 5.06. The number of unbranched alkanes of at least 4 members (excludes halogenated alkanes) is 1. The molecule has 0 bridgehead atoms. The SMILES string of the molecule is CSCCCCNc1nn(C)cc1[N+](=O)[O-]. The van der Waals surface area contributed by atoms with Gasteiger partial charge in [0.1, 0.15) is 6.20 Å². The number of hydrogen-bond acceptors (Lipinski definition) is 5. The van der Waals surface area contributed by atoms with Crippen molar-refractivity contribution in [2.24, 2.45) is 7.05 Å². The van der Waals surface area contributed by atoms with E-state index in [1.54, 1.807) is 18.8 Å². The van der Waals surface area contributed by atoms with Gasteiger partial charge in [-0.05, 0) is 24.9 Å². The Morgan fingerprint density at radius 2 is 2.38 bits per heavy atom. The zero-order valence-corrected chi connectivity index (χ0v) is 10.3. The van der Waals surface area contributed by atoms with Crippen molar-refractivity contribution in [1.82, 2.24) is 9.78 Å². The van der Waals surface area contributed by atoms with Crippen molar-refractivity contribution in [2.75, 3.05) is 23.9 Å². The van der Waals surface area contributed by atoms with Crippen LogP contribution >= 0.6 is 11.8 Å². The maximum atomic E-state index is 10.7. The Bertz CT molecular complexity index is 353. The summed E-state index contributed by atoms with van der Waals surface area (Å²) in [7, 11) is 1.67. The lowest BCUT2D eigenvalue weighted by molar-refractivity contribution is -0.384. The first kappa shape index (κ1) is 12.8. The quantitative estimate of drug-likeness (QED) is 0.450. The van der Waals surface area contributed by atoms with Crippen LogP contribution in [0.3, 0.4) is 0 Å². The molecule has 0 aliphatic rings. The van der Waals surface area contributed by atoms with Gasteiger partial charge in [0.2, 0.25) is 5.82 Å². The summed E-state index contributed by atoms with van der Waals surface area (Å²) in [6.45, 7) is 0.721. The van der Waals surface area contributed by atoms with Gasteiger partial charge in [-0.1, -0.05) is 0 Å². The van der Waals surface area contributed by atoms with Crippen molar-refractivity contribution in [3.8, 4) is 0 Å². The molecule has 0 fully saturated rings. The molecule has 6 nitrogen and oxygen atoms in total. The number of aryl methyl sites for hydroxylation is 1. The molecular weight excluding hydrogens is 228 g/mol. The standard InChI is InChI=1S/C9H16N4O2S/c1-12-7-8(13(14)15)9(11-12)10-5-3-4-6-16-2/h7H,3-6H2,1-2H3,(H,10,11). The van der Waals surface area contributed by atoms with Gasteiger partial charge in [0.25, 0.3) is 0 Å². The normalized spacial score (nSPS) is 10.4. The third-order valence-corrected chi connectivity index (χ3v) is 2.77. The van der Waals surface area contributed by atoms with Crippen molar-refractivity contribution in [3.63, 3.8) is 0 Å². The van der Waals surface area contributed by atoms with E-state index in [1.807, 2.05) is 0 Å². The first-order valence-corrected chi connectivity index (χ1v) is 6.45. The third kappa shape index (κ3) is 3.73. The number of nitro groups is 1. The van der Waals surface area contributed by atoms with Crippen molar-refractivity contribution >= 4 is 23.3 Å². The van der Waals surface area contributed by atoms with E-state index in [0.29, 0.717) is 5.82 Å². The molecule has 0 amide bonds. The molecule has 0 saturated heterocycles. The lowest BCUT2D eigenvalue weighted by Crippen LogP contribution is -2.04. The maximum absolute atomic E-state index is 10.7. The Kier molecular flexibility index (Phi) is 5.10. The fraction of sp³-hybridized carbons (Fsp3) is 0.667. The van der Waals surface area contributed by atoms with Crippen LogP contribution < -0.4 is 5.32 Å². The molecule has 0 unspecified atom stereocenters. The van der Waals surface area contributed by atoms with Crippen LogP contribution in [0.2, 0.25) is 0 Å². The van der Waals surface area contributed by atoms with Crippen LogP contribution in [0.1, 0.15) is 12.8 Å². The summed E-state index contributed by atoms with van der Waals surface area (Å²) in [5, 5.41) is 17.7. The summed E-state index contributed by atoms with van der Waals surface area (Å²) >= 11 is 1.80. The summed E-state index contributed by atoms with van der Waals surface area (Å²) in [6, 6.07) is 0. The minimum atomic E-state index is -0.419. The molecule has 16 heavy (non-hydrogen) atoms.